The molecule has 1 aliphatic rings. The summed E-state index contributed by atoms with van der Waals surface area (Å²) in [4.78, 5) is 16.6. The van der Waals surface area contributed by atoms with Crippen LogP contribution in [0.3, 0.4) is 0 Å². The Labute approximate surface area is 149 Å². The third-order valence-electron chi connectivity index (χ3n) is 4.92. The monoisotopic (exact) mass is 341 g/mol. The third-order valence-corrected chi connectivity index (χ3v) is 4.92. The molecule has 0 spiro atoms. The number of hydrogen-bond donors (Lipinski definition) is 1. The number of anilines is 2. The predicted octanol–water partition coefficient (Wildman–Crippen LogP) is 3.43. The van der Waals surface area contributed by atoms with E-state index in [0.717, 1.165) is 48.4 Å². The number of benzene rings is 1. The van der Waals surface area contributed by atoms with Gasteiger partial charge in [0, 0.05) is 51.0 Å². The van der Waals surface area contributed by atoms with E-state index in [1.807, 2.05) is 56.0 Å². The molecule has 0 saturated carbocycles. The lowest BCUT2D eigenvalue weighted by Gasteiger charge is -2.32. The Morgan fingerprint density at radius 3 is 2.36 bits per heavy atom. The van der Waals surface area contributed by atoms with Gasteiger partial charge in [0.1, 0.15) is 0 Å². The van der Waals surface area contributed by atoms with Crippen molar-refractivity contribution in [1.82, 2.24) is 14.7 Å². The first-order valence-corrected chi connectivity index (χ1v) is 8.79. The number of carbonyl (C=O) groups is 1. The minimum atomic E-state index is -0.0114. The molecule has 1 aliphatic heterocycles. The topological polar surface area (TPSA) is 53.4 Å². The van der Waals surface area contributed by atoms with Crippen molar-refractivity contribution in [2.24, 2.45) is 0 Å². The number of piperidine rings is 1. The lowest BCUT2D eigenvalue weighted by Crippen LogP contribution is -2.41. The molecule has 6 nitrogen and oxygen atoms in total. The highest BCUT2D eigenvalue weighted by Gasteiger charge is 2.24. The number of rotatable bonds is 3. The molecule has 0 aliphatic carbocycles. The maximum Gasteiger partial charge on any atom is 0.321 e. The zero-order valence-corrected chi connectivity index (χ0v) is 15.5. The number of carbonyl (C=O) groups excluding carboxylic acids is 1. The summed E-state index contributed by atoms with van der Waals surface area (Å²) in [7, 11) is 4.05. The van der Waals surface area contributed by atoms with E-state index >= 15 is 0 Å². The molecule has 0 atom stereocenters. The van der Waals surface area contributed by atoms with Crippen LogP contribution in [0.15, 0.2) is 30.6 Å². The standard InChI is InChI=1S/C19H27N5O/c1-14-12-17(22(3)4)13-15(2)18(14)21-19(25)23-10-6-16(7-11-23)24-9-5-8-20-24/h5,8-9,12-13,16H,6-7,10-11H2,1-4H3,(H,21,25). The van der Waals surface area contributed by atoms with Gasteiger partial charge in [-0.25, -0.2) is 4.79 Å². The van der Waals surface area contributed by atoms with Gasteiger partial charge in [-0.05, 0) is 56.0 Å². The molecule has 1 N–H and O–H groups in total. The summed E-state index contributed by atoms with van der Waals surface area (Å²) < 4.78 is 2.00. The number of urea groups is 1. The molecule has 25 heavy (non-hydrogen) atoms. The predicted molar refractivity (Wildman–Crippen MR) is 101 cm³/mol. The van der Waals surface area contributed by atoms with Crippen LogP contribution in [0.5, 0.6) is 0 Å². The summed E-state index contributed by atoms with van der Waals surface area (Å²) >= 11 is 0. The Bertz CT molecular complexity index is 707. The third kappa shape index (κ3) is 3.78. The Kier molecular flexibility index (Phi) is 4.97. The number of aromatic nitrogens is 2. The largest absolute Gasteiger partial charge is 0.378 e. The first kappa shape index (κ1) is 17.3. The lowest BCUT2D eigenvalue weighted by atomic mass is 10.1. The average molecular weight is 341 g/mol. The highest BCUT2D eigenvalue weighted by molar-refractivity contribution is 5.91. The highest BCUT2D eigenvalue weighted by atomic mass is 16.2. The van der Waals surface area contributed by atoms with Gasteiger partial charge in [-0.1, -0.05) is 0 Å². The molecule has 1 aromatic carbocycles. The highest BCUT2D eigenvalue weighted by Crippen LogP contribution is 2.27. The van der Waals surface area contributed by atoms with Gasteiger partial charge >= 0.3 is 6.03 Å². The van der Waals surface area contributed by atoms with E-state index < -0.39 is 0 Å². The smallest absolute Gasteiger partial charge is 0.321 e. The minimum absolute atomic E-state index is 0.0114. The van der Waals surface area contributed by atoms with Gasteiger partial charge in [0.05, 0.1) is 6.04 Å². The van der Waals surface area contributed by atoms with E-state index in [-0.39, 0.29) is 6.03 Å². The van der Waals surface area contributed by atoms with Crippen molar-refractivity contribution < 1.29 is 4.79 Å². The summed E-state index contributed by atoms with van der Waals surface area (Å²) in [5, 5.41) is 7.43. The maximum atomic E-state index is 12.7. The van der Waals surface area contributed by atoms with E-state index in [9.17, 15) is 4.79 Å². The van der Waals surface area contributed by atoms with Crippen LogP contribution in [0.4, 0.5) is 16.2 Å². The molecular weight excluding hydrogens is 314 g/mol. The van der Waals surface area contributed by atoms with E-state index in [1.54, 1.807) is 0 Å². The van der Waals surface area contributed by atoms with Gasteiger partial charge in [0.2, 0.25) is 0 Å². The number of aryl methyl sites for hydroxylation is 2. The fraction of sp³-hybridized carbons (Fsp3) is 0.474. The van der Waals surface area contributed by atoms with Crippen LogP contribution >= 0.6 is 0 Å². The molecule has 0 unspecified atom stereocenters. The fourth-order valence-corrected chi connectivity index (χ4v) is 3.41. The maximum absolute atomic E-state index is 12.7. The van der Waals surface area contributed by atoms with E-state index in [2.05, 4.69) is 27.4 Å². The van der Waals surface area contributed by atoms with Crippen LogP contribution in [0.2, 0.25) is 0 Å². The summed E-state index contributed by atoms with van der Waals surface area (Å²) in [6.45, 7) is 5.59. The van der Waals surface area contributed by atoms with E-state index in [1.165, 1.54) is 0 Å². The Hall–Kier alpha value is -2.50. The van der Waals surface area contributed by atoms with Crippen molar-refractivity contribution in [2.75, 3.05) is 37.4 Å². The molecule has 1 saturated heterocycles. The number of amides is 2. The van der Waals surface area contributed by atoms with Gasteiger partial charge < -0.3 is 15.1 Å². The van der Waals surface area contributed by atoms with Gasteiger partial charge in [-0.2, -0.15) is 5.10 Å². The minimum Gasteiger partial charge on any atom is -0.378 e. The molecule has 6 heteroatoms. The lowest BCUT2D eigenvalue weighted by molar-refractivity contribution is 0.180. The SMILES string of the molecule is Cc1cc(N(C)C)cc(C)c1NC(=O)N1CCC(n2cccn2)CC1. The Morgan fingerprint density at radius 1 is 1.20 bits per heavy atom. The molecule has 0 radical (unpaired) electrons. The summed E-state index contributed by atoms with van der Waals surface area (Å²) in [6.07, 6.45) is 5.68. The zero-order chi connectivity index (χ0) is 18.0. The van der Waals surface area contributed by atoms with Crippen molar-refractivity contribution in [3.8, 4) is 0 Å². The number of nitrogens with zero attached hydrogens (tertiary/aromatic N) is 4. The van der Waals surface area contributed by atoms with Crippen LogP contribution in [-0.4, -0.2) is 47.9 Å². The second-order valence-electron chi connectivity index (χ2n) is 6.98. The van der Waals surface area contributed by atoms with Gasteiger partial charge in [-0.3, -0.25) is 4.68 Å². The molecule has 1 aromatic heterocycles. The fourth-order valence-electron chi connectivity index (χ4n) is 3.41. The van der Waals surface area contributed by atoms with Crippen molar-refractivity contribution in [3.63, 3.8) is 0 Å². The quantitative estimate of drug-likeness (QED) is 0.930. The van der Waals surface area contributed by atoms with Crippen LogP contribution in [-0.2, 0) is 0 Å². The van der Waals surface area contributed by atoms with Crippen molar-refractivity contribution >= 4 is 17.4 Å². The van der Waals surface area contributed by atoms with Crippen LogP contribution in [0.1, 0.15) is 30.0 Å². The molecule has 1 fully saturated rings. The molecule has 2 amide bonds. The number of hydrogen-bond acceptors (Lipinski definition) is 3. The zero-order valence-electron chi connectivity index (χ0n) is 15.5. The van der Waals surface area contributed by atoms with Crippen molar-refractivity contribution in [3.05, 3.63) is 41.7 Å². The van der Waals surface area contributed by atoms with Gasteiger partial charge in [-0.15, -0.1) is 0 Å². The first-order valence-electron chi connectivity index (χ1n) is 8.79. The van der Waals surface area contributed by atoms with E-state index in [0.29, 0.717) is 6.04 Å². The van der Waals surface area contributed by atoms with Gasteiger partial charge in [0.15, 0.2) is 0 Å². The van der Waals surface area contributed by atoms with Crippen molar-refractivity contribution in [1.29, 1.82) is 0 Å². The van der Waals surface area contributed by atoms with E-state index in [4.69, 9.17) is 0 Å². The molecule has 134 valence electrons. The number of nitrogens with one attached hydrogen (secondary N) is 1. The van der Waals surface area contributed by atoms with Crippen LogP contribution in [0, 0.1) is 13.8 Å². The average Bonchev–Trinajstić information content (AvgIpc) is 3.12. The number of likely N-dealkylation sites (tertiary alicyclic amines) is 1. The van der Waals surface area contributed by atoms with Crippen LogP contribution < -0.4 is 10.2 Å². The van der Waals surface area contributed by atoms with Crippen molar-refractivity contribution in [2.45, 2.75) is 32.7 Å². The normalized spacial score (nSPS) is 15.3. The Morgan fingerprint density at radius 2 is 1.84 bits per heavy atom. The second kappa shape index (κ2) is 7.17. The van der Waals surface area contributed by atoms with Gasteiger partial charge in [0.25, 0.3) is 0 Å². The summed E-state index contributed by atoms with van der Waals surface area (Å²) in [5.41, 5.74) is 4.24. The first-order chi connectivity index (χ1) is 12.0. The molecule has 3 rings (SSSR count). The molecule has 2 heterocycles. The van der Waals surface area contributed by atoms with Crippen LogP contribution in [0.25, 0.3) is 0 Å². The molecule has 2 aromatic rings. The summed E-state index contributed by atoms with van der Waals surface area (Å²) in [6, 6.07) is 6.53. The summed E-state index contributed by atoms with van der Waals surface area (Å²) in [5.74, 6) is 0. The second-order valence-corrected chi connectivity index (χ2v) is 6.98. The molecule has 0 bridgehead atoms. The Balaban J connectivity index is 1.63. The molecular formula is C19H27N5O.